The van der Waals surface area contributed by atoms with Crippen LogP contribution in [-0.2, 0) is 4.74 Å². The van der Waals surface area contributed by atoms with Crippen molar-refractivity contribution in [3.63, 3.8) is 0 Å². The number of aliphatic imine (C=N–C) groups is 1. The van der Waals surface area contributed by atoms with E-state index in [1.54, 1.807) is 0 Å². The molecule has 2 N–H and O–H groups in total. The van der Waals surface area contributed by atoms with E-state index in [1.165, 1.54) is 12.8 Å². The van der Waals surface area contributed by atoms with E-state index in [0.717, 1.165) is 32.0 Å². The number of nitrogens with one attached hydrogen (secondary N) is 2. The largest absolute Gasteiger partial charge is 0.373 e. The van der Waals surface area contributed by atoms with Crippen LogP contribution >= 0.6 is 0 Å². The first-order valence-electron chi connectivity index (χ1n) is 9.17. The lowest BCUT2D eigenvalue weighted by atomic mass is 9.96. The summed E-state index contributed by atoms with van der Waals surface area (Å²) in [6.45, 7) is 14.8. The van der Waals surface area contributed by atoms with E-state index in [-0.39, 0.29) is 0 Å². The van der Waals surface area contributed by atoms with Gasteiger partial charge in [-0.25, -0.2) is 0 Å². The molecule has 5 heteroatoms. The van der Waals surface area contributed by atoms with Crippen molar-refractivity contribution in [2.75, 3.05) is 26.7 Å². The highest BCUT2D eigenvalue weighted by atomic mass is 16.5. The van der Waals surface area contributed by atoms with Crippen molar-refractivity contribution in [2.45, 2.75) is 57.4 Å². The maximum atomic E-state index is 5.92. The molecule has 0 aliphatic carbocycles. The highest BCUT2D eigenvalue weighted by Gasteiger charge is 2.41. The zero-order valence-electron chi connectivity index (χ0n) is 15.5. The number of rotatable bonds is 9. The smallest absolute Gasteiger partial charge is 0.191 e. The van der Waals surface area contributed by atoms with Gasteiger partial charge in [-0.2, -0.15) is 0 Å². The van der Waals surface area contributed by atoms with Crippen molar-refractivity contribution in [3.8, 4) is 0 Å². The molecular formula is C19H34N4O. The summed E-state index contributed by atoms with van der Waals surface area (Å²) in [6, 6.07) is 0.792. The molecule has 2 fully saturated rings. The second-order valence-corrected chi connectivity index (χ2v) is 7.16. The molecule has 5 nitrogen and oxygen atoms in total. The Morgan fingerprint density at radius 3 is 2.46 bits per heavy atom. The number of guanidine groups is 1. The van der Waals surface area contributed by atoms with E-state index >= 15 is 0 Å². The van der Waals surface area contributed by atoms with Crippen LogP contribution < -0.4 is 10.6 Å². The van der Waals surface area contributed by atoms with Gasteiger partial charge in [-0.1, -0.05) is 26.0 Å². The zero-order valence-corrected chi connectivity index (χ0v) is 15.5. The van der Waals surface area contributed by atoms with Gasteiger partial charge in [0.25, 0.3) is 0 Å². The summed E-state index contributed by atoms with van der Waals surface area (Å²) in [6.07, 6.45) is 8.19. The Hall–Kier alpha value is -1.33. The summed E-state index contributed by atoms with van der Waals surface area (Å²) in [5, 5.41) is 7.06. The van der Waals surface area contributed by atoms with Gasteiger partial charge in [0, 0.05) is 32.7 Å². The number of fused-ring (bicyclic) bond motifs is 2. The Morgan fingerprint density at radius 1 is 1.29 bits per heavy atom. The van der Waals surface area contributed by atoms with Crippen LogP contribution in [0.1, 0.15) is 33.1 Å². The summed E-state index contributed by atoms with van der Waals surface area (Å²) in [4.78, 5) is 6.79. The van der Waals surface area contributed by atoms with Gasteiger partial charge in [0.15, 0.2) is 5.96 Å². The molecule has 2 heterocycles. The fourth-order valence-electron chi connectivity index (χ4n) is 3.82. The van der Waals surface area contributed by atoms with Gasteiger partial charge in [-0.05, 0) is 25.2 Å². The average Bonchev–Trinajstić information content (AvgIpc) is 3.16. The molecular weight excluding hydrogens is 300 g/mol. The molecule has 0 aromatic carbocycles. The van der Waals surface area contributed by atoms with Gasteiger partial charge in [-0.3, -0.25) is 9.89 Å². The molecule has 2 rings (SSSR count). The van der Waals surface area contributed by atoms with E-state index in [1.807, 2.05) is 19.2 Å². The average molecular weight is 335 g/mol. The zero-order chi connectivity index (χ0) is 17.5. The molecule has 4 unspecified atom stereocenters. The normalized spacial score (nSPS) is 27.5. The second kappa shape index (κ2) is 9.23. The molecule has 4 atom stereocenters. The van der Waals surface area contributed by atoms with Gasteiger partial charge >= 0.3 is 0 Å². The number of hydrogen-bond acceptors (Lipinski definition) is 3. The molecule has 2 saturated heterocycles. The molecule has 0 aromatic rings. The number of nitrogens with zero attached hydrogens (tertiary/aromatic N) is 2. The van der Waals surface area contributed by atoms with Crippen molar-refractivity contribution in [3.05, 3.63) is 25.3 Å². The first kappa shape index (κ1) is 19.0. The molecule has 24 heavy (non-hydrogen) atoms. The van der Waals surface area contributed by atoms with Crippen molar-refractivity contribution in [1.29, 1.82) is 0 Å². The predicted octanol–water partition coefficient (Wildman–Crippen LogP) is 2.17. The molecule has 0 radical (unpaired) electrons. The minimum atomic E-state index is 0.354. The fraction of sp³-hybridized carbons (Fsp3) is 0.737. The third-order valence-corrected chi connectivity index (χ3v) is 5.10. The van der Waals surface area contributed by atoms with E-state index in [9.17, 15) is 0 Å². The van der Waals surface area contributed by atoms with E-state index in [4.69, 9.17) is 4.74 Å². The van der Waals surface area contributed by atoms with Crippen molar-refractivity contribution >= 4 is 5.96 Å². The SMILES string of the molecule is C=CCN(CC=C)C(CNC(=NC)NC1CC2CCC1O2)C(C)C. The molecule has 0 spiro atoms. The van der Waals surface area contributed by atoms with E-state index in [2.05, 4.69) is 47.5 Å². The third kappa shape index (κ3) is 4.84. The van der Waals surface area contributed by atoms with Crippen LogP contribution in [0.2, 0.25) is 0 Å². The van der Waals surface area contributed by atoms with Crippen LogP contribution in [0.3, 0.4) is 0 Å². The molecule has 0 aromatic heterocycles. The molecule has 136 valence electrons. The summed E-state index contributed by atoms with van der Waals surface area (Å²) in [7, 11) is 1.83. The van der Waals surface area contributed by atoms with Crippen LogP contribution in [0.5, 0.6) is 0 Å². The minimum absolute atomic E-state index is 0.354. The van der Waals surface area contributed by atoms with Crippen LogP contribution in [-0.4, -0.2) is 61.8 Å². The molecule has 2 aliphatic rings. The maximum Gasteiger partial charge on any atom is 0.191 e. The Balaban J connectivity index is 1.88. The molecule has 2 aliphatic heterocycles. The lowest BCUT2D eigenvalue weighted by molar-refractivity contribution is 0.0992. The first-order chi connectivity index (χ1) is 11.6. The predicted molar refractivity (Wildman–Crippen MR) is 101 cm³/mol. The third-order valence-electron chi connectivity index (χ3n) is 5.10. The van der Waals surface area contributed by atoms with E-state index in [0.29, 0.717) is 30.2 Å². The van der Waals surface area contributed by atoms with Gasteiger partial charge in [-0.15, -0.1) is 13.2 Å². The summed E-state index contributed by atoms with van der Waals surface area (Å²) in [5.41, 5.74) is 0. The molecule has 0 saturated carbocycles. The first-order valence-corrected chi connectivity index (χ1v) is 9.17. The topological polar surface area (TPSA) is 48.9 Å². The van der Waals surface area contributed by atoms with Crippen molar-refractivity contribution in [2.24, 2.45) is 10.9 Å². The summed E-state index contributed by atoms with van der Waals surface area (Å²) < 4.78 is 5.92. The number of ether oxygens (including phenoxy) is 1. The molecule has 0 amide bonds. The summed E-state index contributed by atoms with van der Waals surface area (Å²) in [5.74, 6) is 1.40. The van der Waals surface area contributed by atoms with Crippen molar-refractivity contribution in [1.82, 2.24) is 15.5 Å². The Morgan fingerprint density at radius 2 is 2.00 bits per heavy atom. The van der Waals surface area contributed by atoms with Gasteiger partial charge in [0.05, 0.1) is 18.2 Å². The van der Waals surface area contributed by atoms with Crippen LogP contribution in [0.25, 0.3) is 0 Å². The Labute approximate surface area is 147 Å². The summed E-state index contributed by atoms with van der Waals surface area (Å²) >= 11 is 0. The lowest BCUT2D eigenvalue weighted by Gasteiger charge is -2.34. The van der Waals surface area contributed by atoms with Crippen LogP contribution in [0.15, 0.2) is 30.3 Å². The lowest BCUT2D eigenvalue weighted by Crippen LogP contribution is -2.52. The maximum absolute atomic E-state index is 5.92. The monoisotopic (exact) mass is 334 g/mol. The number of hydrogen-bond donors (Lipinski definition) is 2. The standard InChI is InChI=1S/C19H34N4O/c1-6-10-23(11-7-2)17(14(3)4)13-21-19(20-5)22-16-12-15-8-9-18(16)24-15/h6-7,14-18H,1-2,8-13H2,3-5H3,(H2,20,21,22). The van der Waals surface area contributed by atoms with Crippen LogP contribution in [0.4, 0.5) is 0 Å². The fourth-order valence-corrected chi connectivity index (χ4v) is 3.82. The second-order valence-electron chi connectivity index (χ2n) is 7.16. The van der Waals surface area contributed by atoms with Gasteiger partial charge < -0.3 is 15.4 Å². The van der Waals surface area contributed by atoms with Crippen molar-refractivity contribution < 1.29 is 4.74 Å². The highest BCUT2D eigenvalue weighted by molar-refractivity contribution is 5.80. The Bertz CT molecular complexity index is 439. The van der Waals surface area contributed by atoms with E-state index < -0.39 is 0 Å². The highest BCUT2D eigenvalue weighted by Crippen LogP contribution is 2.34. The molecule has 2 bridgehead atoms. The Kier molecular flexibility index (Phi) is 7.31. The van der Waals surface area contributed by atoms with Gasteiger partial charge in [0.1, 0.15) is 0 Å². The van der Waals surface area contributed by atoms with Gasteiger partial charge in [0.2, 0.25) is 0 Å². The minimum Gasteiger partial charge on any atom is -0.373 e. The quantitative estimate of drug-likeness (QED) is 0.385. The van der Waals surface area contributed by atoms with Crippen LogP contribution in [0, 0.1) is 5.92 Å².